The summed E-state index contributed by atoms with van der Waals surface area (Å²) in [7, 11) is 3.96. The molecule has 0 amide bonds. The van der Waals surface area contributed by atoms with Gasteiger partial charge in [-0.25, -0.2) is 4.39 Å². The monoisotopic (exact) mass is 262 g/mol. The summed E-state index contributed by atoms with van der Waals surface area (Å²) >= 11 is 0. The lowest BCUT2D eigenvalue weighted by molar-refractivity contribution is 0.328. The summed E-state index contributed by atoms with van der Waals surface area (Å²) in [5.74, 6) is -0.231. The first-order chi connectivity index (χ1) is 9.22. The Kier molecular flexibility index (Phi) is 4.65. The van der Waals surface area contributed by atoms with E-state index in [0.29, 0.717) is 5.56 Å². The second-order valence-electron chi connectivity index (χ2n) is 4.59. The number of hydrogen-bond donors (Lipinski definition) is 2. The molecule has 1 heterocycles. The predicted molar refractivity (Wildman–Crippen MR) is 74.2 cm³/mol. The first-order valence-corrected chi connectivity index (χ1v) is 6.32. The topological polar surface area (TPSA) is 44.0 Å². The summed E-state index contributed by atoms with van der Waals surface area (Å²) in [6.07, 6.45) is 1.76. The Balaban J connectivity index is 2.16. The molecule has 0 saturated heterocycles. The molecule has 102 valence electrons. The van der Waals surface area contributed by atoms with Crippen molar-refractivity contribution >= 4 is 0 Å². The van der Waals surface area contributed by atoms with E-state index in [1.54, 1.807) is 18.3 Å². The Morgan fingerprint density at radius 1 is 1.37 bits per heavy atom. The molecule has 1 aromatic heterocycles. The second kappa shape index (κ2) is 6.45. The summed E-state index contributed by atoms with van der Waals surface area (Å²) in [5, 5.41) is 10.0. The molecule has 0 atom stereocenters. The van der Waals surface area contributed by atoms with E-state index in [9.17, 15) is 4.39 Å². The molecule has 0 saturated carbocycles. The fourth-order valence-corrected chi connectivity index (χ4v) is 2.00. The van der Waals surface area contributed by atoms with Crippen LogP contribution in [0, 0.1) is 5.82 Å². The molecular weight excluding hydrogens is 243 g/mol. The molecule has 5 heteroatoms. The van der Waals surface area contributed by atoms with Crippen LogP contribution in [0.15, 0.2) is 30.5 Å². The highest BCUT2D eigenvalue weighted by atomic mass is 19.1. The molecule has 0 aliphatic rings. The van der Waals surface area contributed by atoms with Gasteiger partial charge in [0, 0.05) is 30.8 Å². The zero-order valence-corrected chi connectivity index (χ0v) is 11.3. The number of halogens is 1. The summed E-state index contributed by atoms with van der Waals surface area (Å²) in [4.78, 5) is 2.17. The highest BCUT2D eigenvalue weighted by Gasteiger charge is 2.12. The number of likely N-dealkylation sites (N-methyl/N-ethyl adjacent to an activating group) is 2. The fraction of sp³-hybridized carbons (Fsp3) is 0.357. The summed E-state index contributed by atoms with van der Waals surface area (Å²) in [6.45, 7) is 2.59. The predicted octanol–water partition coefficient (Wildman–Crippen LogP) is 1.87. The van der Waals surface area contributed by atoms with Crippen LogP contribution in [0.4, 0.5) is 4.39 Å². The van der Waals surface area contributed by atoms with Crippen LogP contribution in [0.1, 0.15) is 5.56 Å². The largest absolute Gasteiger partial charge is 0.318 e. The molecule has 0 unspecified atom stereocenters. The van der Waals surface area contributed by atoms with Gasteiger partial charge in [0.1, 0.15) is 5.82 Å². The van der Waals surface area contributed by atoms with Crippen LogP contribution < -0.4 is 5.32 Å². The van der Waals surface area contributed by atoms with E-state index in [4.69, 9.17) is 0 Å². The van der Waals surface area contributed by atoms with Gasteiger partial charge in [-0.05, 0) is 26.2 Å². The summed E-state index contributed by atoms with van der Waals surface area (Å²) in [6, 6.07) is 6.74. The van der Waals surface area contributed by atoms with Crippen LogP contribution in [0.3, 0.4) is 0 Å². The number of benzene rings is 1. The van der Waals surface area contributed by atoms with Gasteiger partial charge < -0.3 is 10.2 Å². The molecular formula is C14H19FN4. The molecule has 0 radical (unpaired) electrons. The van der Waals surface area contributed by atoms with E-state index in [1.165, 1.54) is 6.07 Å². The Hall–Kier alpha value is -1.72. The third-order valence-corrected chi connectivity index (χ3v) is 3.04. The van der Waals surface area contributed by atoms with E-state index < -0.39 is 0 Å². The highest BCUT2D eigenvalue weighted by Crippen LogP contribution is 2.24. The quantitative estimate of drug-likeness (QED) is 0.835. The van der Waals surface area contributed by atoms with Gasteiger partial charge in [0.2, 0.25) is 0 Å². The van der Waals surface area contributed by atoms with Gasteiger partial charge in [-0.3, -0.25) is 5.10 Å². The van der Waals surface area contributed by atoms with E-state index in [2.05, 4.69) is 20.4 Å². The zero-order chi connectivity index (χ0) is 13.7. The van der Waals surface area contributed by atoms with Crippen molar-refractivity contribution in [3.8, 4) is 11.3 Å². The third kappa shape index (κ3) is 3.39. The third-order valence-electron chi connectivity index (χ3n) is 3.04. The first kappa shape index (κ1) is 13.7. The molecule has 2 aromatic rings. The highest BCUT2D eigenvalue weighted by molar-refractivity contribution is 5.63. The summed E-state index contributed by atoms with van der Waals surface area (Å²) in [5.41, 5.74) is 2.33. The van der Waals surface area contributed by atoms with E-state index >= 15 is 0 Å². The smallest absolute Gasteiger partial charge is 0.132 e. The van der Waals surface area contributed by atoms with Crippen molar-refractivity contribution in [1.29, 1.82) is 0 Å². The lowest BCUT2D eigenvalue weighted by atomic mass is 10.1. The number of H-pyrrole nitrogens is 1. The number of hydrogen-bond acceptors (Lipinski definition) is 3. The van der Waals surface area contributed by atoms with Crippen molar-refractivity contribution in [2.24, 2.45) is 0 Å². The zero-order valence-electron chi connectivity index (χ0n) is 11.3. The Bertz CT molecular complexity index is 524. The molecule has 19 heavy (non-hydrogen) atoms. The number of nitrogens with one attached hydrogen (secondary N) is 2. The lowest BCUT2D eigenvalue weighted by Crippen LogP contribution is -2.27. The number of nitrogens with zero attached hydrogens (tertiary/aromatic N) is 2. The van der Waals surface area contributed by atoms with Crippen molar-refractivity contribution in [1.82, 2.24) is 20.4 Å². The fourth-order valence-electron chi connectivity index (χ4n) is 2.00. The number of aromatic nitrogens is 2. The van der Waals surface area contributed by atoms with E-state index in [-0.39, 0.29) is 5.82 Å². The second-order valence-corrected chi connectivity index (χ2v) is 4.59. The molecule has 2 N–H and O–H groups in total. The normalized spacial score (nSPS) is 11.2. The van der Waals surface area contributed by atoms with Crippen molar-refractivity contribution in [2.45, 2.75) is 6.54 Å². The van der Waals surface area contributed by atoms with Gasteiger partial charge in [0.05, 0.1) is 11.9 Å². The van der Waals surface area contributed by atoms with Gasteiger partial charge in [-0.2, -0.15) is 5.10 Å². The van der Waals surface area contributed by atoms with Gasteiger partial charge in [0.15, 0.2) is 0 Å². The molecule has 0 bridgehead atoms. The van der Waals surface area contributed by atoms with Crippen LogP contribution in [-0.4, -0.2) is 42.3 Å². The van der Waals surface area contributed by atoms with Gasteiger partial charge in [0.25, 0.3) is 0 Å². The molecule has 0 aliphatic carbocycles. The maximum Gasteiger partial charge on any atom is 0.132 e. The molecule has 0 aliphatic heterocycles. The van der Waals surface area contributed by atoms with Crippen LogP contribution in [-0.2, 0) is 6.54 Å². The van der Waals surface area contributed by atoms with Crippen molar-refractivity contribution in [2.75, 3.05) is 27.2 Å². The van der Waals surface area contributed by atoms with Gasteiger partial charge >= 0.3 is 0 Å². The minimum Gasteiger partial charge on any atom is -0.318 e. The van der Waals surface area contributed by atoms with Gasteiger partial charge in [-0.15, -0.1) is 0 Å². The molecule has 0 spiro atoms. The Morgan fingerprint density at radius 2 is 2.16 bits per heavy atom. The standard InChI is InChI=1S/C14H19FN4/c1-16-7-8-19(2)10-11-9-17-18-14(11)12-5-3-4-6-13(12)15/h3-6,9,16H,7-8,10H2,1-2H3,(H,17,18). The van der Waals surface area contributed by atoms with E-state index in [1.807, 2.05) is 20.2 Å². The van der Waals surface area contributed by atoms with Crippen LogP contribution >= 0.6 is 0 Å². The average Bonchev–Trinajstić information content (AvgIpc) is 2.85. The first-order valence-electron chi connectivity index (χ1n) is 6.32. The Morgan fingerprint density at radius 3 is 2.89 bits per heavy atom. The summed E-state index contributed by atoms with van der Waals surface area (Å²) < 4.78 is 13.8. The maximum absolute atomic E-state index is 13.8. The average molecular weight is 262 g/mol. The lowest BCUT2D eigenvalue weighted by Gasteiger charge is -2.16. The van der Waals surface area contributed by atoms with Crippen LogP contribution in [0.25, 0.3) is 11.3 Å². The van der Waals surface area contributed by atoms with Gasteiger partial charge in [-0.1, -0.05) is 12.1 Å². The maximum atomic E-state index is 13.8. The number of aromatic amines is 1. The van der Waals surface area contributed by atoms with Crippen LogP contribution in [0.5, 0.6) is 0 Å². The number of rotatable bonds is 6. The minimum absolute atomic E-state index is 0.231. The van der Waals surface area contributed by atoms with Crippen molar-refractivity contribution < 1.29 is 4.39 Å². The van der Waals surface area contributed by atoms with E-state index in [0.717, 1.165) is 30.9 Å². The van der Waals surface area contributed by atoms with Crippen LogP contribution in [0.2, 0.25) is 0 Å². The van der Waals surface area contributed by atoms with Crippen molar-refractivity contribution in [3.05, 3.63) is 41.8 Å². The Labute approximate surface area is 112 Å². The van der Waals surface area contributed by atoms with Crippen molar-refractivity contribution in [3.63, 3.8) is 0 Å². The molecule has 4 nitrogen and oxygen atoms in total. The minimum atomic E-state index is -0.231. The molecule has 1 aromatic carbocycles. The molecule has 0 fully saturated rings. The molecule has 2 rings (SSSR count). The SMILES string of the molecule is CNCCN(C)Cc1cn[nH]c1-c1ccccc1F.